The quantitative estimate of drug-likeness (QED) is 0.771. The molecule has 1 heterocycles. The molecular formula is C20H31NO4S. The Morgan fingerprint density at radius 1 is 1.31 bits per heavy atom. The second-order valence-electron chi connectivity index (χ2n) is 7.67. The Hall–Kier alpha value is -1.40. The number of thioether (sulfide) groups is 1. The van der Waals surface area contributed by atoms with Gasteiger partial charge in [-0.05, 0) is 57.7 Å². The van der Waals surface area contributed by atoms with Gasteiger partial charge in [0.05, 0.1) is 7.11 Å². The van der Waals surface area contributed by atoms with Crippen LogP contribution in [0.5, 0.6) is 5.75 Å². The molecule has 0 unspecified atom stereocenters. The van der Waals surface area contributed by atoms with E-state index < -0.39 is 5.60 Å². The van der Waals surface area contributed by atoms with Crippen LogP contribution >= 0.6 is 11.8 Å². The van der Waals surface area contributed by atoms with E-state index in [4.69, 9.17) is 14.6 Å². The smallest absolute Gasteiger partial charge is 0.410 e. The molecule has 26 heavy (non-hydrogen) atoms. The summed E-state index contributed by atoms with van der Waals surface area (Å²) in [4.78, 5) is 14.4. The molecular weight excluding hydrogens is 350 g/mol. The number of benzene rings is 1. The summed E-state index contributed by atoms with van der Waals surface area (Å²) < 4.78 is 10.8. The Bertz CT molecular complexity index is 570. The van der Waals surface area contributed by atoms with E-state index in [1.807, 2.05) is 49.6 Å². The van der Waals surface area contributed by atoms with Crippen LogP contribution < -0.4 is 4.74 Å². The molecule has 1 N–H and O–H groups in total. The first-order valence-corrected chi connectivity index (χ1v) is 10.2. The number of carbonyl (C=O) groups is 1. The van der Waals surface area contributed by atoms with Crippen molar-refractivity contribution in [2.75, 3.05) is 20.3 Å². The van der Waals surface area contributed by atoms with Gasteiger partial charge in [0.2, 0.25) is 0 Å². The van der Waals surface area contributed by atoms with Crippen molar-refractivity contribution in [3.63, 3.8) is 0 Å². The molecule has 2 rings (SSSR count). The molecule has 1 amide bonds. The average molecular weight is 382 g/mol. The van der Waals surface area contributed by atoms with Gasteiger partial charge >= 0.3 is 6.09 Å². The summed E-state index contributed by atoms with van der Waals surface area (Å²) in [5, 5.41) is 9.53. The summed E-state index contributed by atoms with van der Waals surface area (Å²) in [6, 6.07) is 8.25. The van der Waals surface area contributed by atoms with Gasteiger partial charge in [0.15, 0.2) is 0 Å². The third kappa shape index (κ3) is 6.40. The van der Waals surface area contributed by atoms with Gasteiger partial charge < -0.3 is 19.5 Å². The molecule has 1 fully saturated rings. The lowest BCUT2D eigenvalue weighted by Crippen LogP contribution is -2.40. The molecule has 1 aliphatic heterocycles. The highest BCUT2D eigenvalue weighted by Gasteiger charge is 2.37. The molecule has 0 saturated carbocycles. The van der Waals surface area contributed by atoms with Gasteiger partial charge in [-0.2, -0.15) is 11.8 Å². The van der Waals surface area contributed by atoms with Crippen LogP contribution in [0.1, 0.15) is 45.6 Å². The summed E-state index contributed by atoms with van der Waals surface area (Å²) in [6.07, 6.45) is 2.22. The Balaban J connectivity index is 1.93. The maximum atomic E-state index is 12.5. The predicted molar refractivity (Wildman–Crippen MR) is 106 cm³/mol. The zero-order valence-corrected chi connectivity index (χ0v) is 17.1. The maximum Gasteiger partial charge on any atom is 0.410 e. The number of ether oxygens (including phenoxy) is 2. The molecule has 0 aliphatic carbocycles. The SMILES string of the molecule is COc1ccc(CS[C@@H]2C[C@@H](CCCO)N(C(=O)OC(C)(C)C)C2)cc1. The molecule has 1 aliphatic rings. The fourth-order valence-electron chi connectivity index (χ4n) is 3.08. The van der Waals surface area contributed by atoms with E-state index in [-0.39, 0.29) is 18.7 Å². The largest absolute Gasteiger partial charge is 0.497 e. The van der Waals surface area contributed by atoms with Crippen LogP contribution in [0.25, 0.3) is 0 Å². The lowest BCUT2D eigenvalue weighted by atomic mass is 10.1. The zero-order valence-electron chi connectivity index (χ0n) is 16.2. The summed E-state index contributed by atoms with van der Waals surface area (Å²) in [6.45, 7) is 6.52. The number of nitrogens with zero attached hydrogens (tertiary/aromatic N) is 1. The Morgan fingerprint density at radius 2 is 2.00 bits per heavy atom. The van der Waals surface area contributed by atoms with E-state index in [1.54, 1.807) is 7.11 Å². The lowest BCUT2D eigenvalue weighted by molar-refractivity contribution is 0.0216. The fourth-order valence-corrected chi connectivity index (χ4v) is 4.32. The van der Waals surface area contributed by atoms with Crippen molar-refractivity contribution in [2.45, 2.75) is 62.7 Å². The highest BCUT2D eigenvalue weighted by Crippen LogP contribution is 2.33. The van der Waals surface area contributed by atoms with Crippen LogP contribution in [0.2, 0.25) is 0 Å². The normalized spacial score (nSPS) is 20.3. The van der Waals surface area contributed by atoms with Crippen LogP contribution in [0.15, 0.2) is 24.3 Å². The van der Waals surface area contributed by atoms with E-state index in [2.05, 4.69) is 12.1 Å². The third-order valence-corrected chi connectivity index (χ3v) is 5.66. The minimum atomic E-state index is -0.493. The molecule has 0 radical (unpaired) electrons. The van der Waals surface area contributed by atoms with Crippen molar-refractivity contribution in [3.8, 4) is 5.75 Å². The van der Waals surface area contributed by atoms with Crippen LogP contribution in [0.4, 0.5) is 4.79 Å². The highest BCUT2D eigenvalue weighted by atomic mass is 32.2. The first-order chi connectivity index (χ1) is 12.3. The first kappa shape index (κ1) is 20.9. The van der Waals surface area contributed by atoms with Gasteiger partial charge in [-0.15, -0.1) is 0 Å². The maximum absolute atomic E-state index is 12.5. The Labute approximate surface area is 161 Å². The molecule has 0 bridgehead atoms. The molecule has 1 saturated heterocycles. The lowest BCUT2D eigenvalue weighted by Gasteiger charge is -2.28. The standard InChI is InChI=1S/C20H31NO4S/c1-20(2,3)25-19(23)21-13-18(12-16(21)6-5-11-22)26-14-15-7-9-17(24-4)10-8-15/h7-10,16,18,22H,5-6,11-14H2,1-4H3/t16-,18-/m1/s1. The molecule has 146 valence electrons. The van der Waals surface area contributed by atoms with Crippen molar-refractivity contribution >= 4 is 17.9 Å². The highest BCUT2D eigenvalue weighted by molar-refractivity contribution is 7.99. The van der Waals surface area contributed by atoms with Crippen molar-refractivity contribution in [1.29, 1.82) is 0 Å². The van der Waals surface area contributed by atoms with Crippen molar-refractivity contribution in [1.82, 2.24) is 4.90 Å². The minimum absolute atomic E-state index is 0.144. The number of aliphatic hydroxyl groups is 1. The van der Waals surface area contributed by atoms with E-state index in [0.717, 1.165) is 24.3 Å². The predicted octanol–water partition coefficient (Wildman–Crippen LogP) is 4.08. The third-order valence-electron chi connectivity index (χ3n) is 4.34. The monoisotopic (exact) mass is 381 g/mol. The number of likely N-dealkylation sites (tertiary alicyclic amines) is 1. The number of hydrogen-bond acceptors (Lipinski definition) is 5. The number of methoxy groups -OCH3 is 1. The number of amides is 1. The molecule has 2 atom stereocenters. The van der Waals surface area contributed by atoms with E-state index in [0.29, 0.717) is 18.2 Å². The van der Waals surface area contributed by atoms with Gasteiger partial charge in [-0.3, -0.25) is 0 Å². The molecule has 0 spiro atoms. The second kappa shape index (κ2) is 9.51. The van der Waals surface area contributed by atoms with Gasteiger partial charge in [0.1, 0.15) is 11.4 Å². The average Bonchev–Trinajstić information content (AvgIpc) is 3.00. The molecule has 6 heteroatoms. The number of rotatable bonds is 7. The molecule has 5 nitrogen and oxygen atoms in total. The second-order valence-corrected chi connectivity index (χ2v) is 8.96. The first-order valence-electron chi connectivity index (χ1n) is 9.17. The summed E-state index contributed by atoms with van der Waals surface area (Å²) in [5.41, 5.74) is 0.755. The van der Waals surface area contributed by atoms with E-state index in [9.17, 15) is 4.79 Å². The van der Waals surface area contributed by atoms with Crippen LogP contribution in [0.3, 0.4) is 0 Å². The fraction of sp³-hybridized carbons (Fsp3) is 0.650. The number of aliphatic hydroxyl groups excluding tert-OH is 1. The summed E-state index contributed by atoms with van der Waals surface area (Å²) >= 11 is 1.87. The van der Waals surface area contributed by atoms with E-state index >= 15 is 0 Å². The Kier molecular flexibility index (Phi) is 7.65. The van der Waals surface area contributed by atoms with E-state index in [1.165, 1.54) is 5.56 Å². The van der Waals surface area contributed by atoms with Crippen LogP contribution in [-0.4, -0.2) is 53.3 Å². The van der Waals surface area contributed by atoms with Gasteiger partial charge in [0, 0.05) is 30.2 Å². The molecule has 1 aromatic rings. The molecule has 1 aromatic carbocycles. The summed E-state index contributed by atoms with van der Waals surface area (Å²) in [7, 11) is 1.67. The van der Waals surface area contributed by atoms with Crippen molar-refractivity contribution in [2.24, 2.45) is 0 Å². The summed E-state index contributed by atoms with van der Waals surface area (Å²) in [5.74, 6) is 1.77. The molecule has 0 aromatic heterocycles. The van der Waals surface area contributed by atoms with Gasteiger partial charge in [-0.25, -0.2) is 4.79 Å². The van der Waals surface area contributed by atoms with Gasteiger partial charge in [-0.1, -0.05) is 12.1 Å². The van der Waals surface area contributed by atoms with Crippen LogP contribution in [0, 0.1) is 0 Å². The zero-order chi connectivity index (χ0) is 19.2. The van der Waals surface area contributed by atoms with Crippen molar-refractivity contribution in [3.05, 3.63) is 29.8 Å². The minimum Gasteiger partial charge on any atom is -0.497 e. The number of carbonyl (C=O) groups excluding carboxylic acids is 1. The number of hydrogen-bond donors (Lipinski definition) is 1. The Morgan fingerprint density at radius 3 is 2.58 bits per heavy atom. The van der Waals surface area contributed by atoms with Gasteiger partial charge in [0.25, 0.3) is 0 Å². The van der Waals surface area contributed by atoms with Crippen LogP contribution in [-0.2, 0) is 10.5 Å². The van der Waals surface area contributed by atoms with Crippen molar-refractivity contribution < 1.29 is 19.4 Å². The topological polar surface area (TPSA) is 59.0 Å².